The lowest BCUT2D eigenvalue weighted by Gasteiger charge is -2.35. The van der Waals surface area contributed by atoms with Gasteiger partial charge in [-0.3, -0.25) is 9.69 Å². The zero-order valence-corrected chi connectivity index (χ0v) is 17.0. The van der Waals surface area contributed by atoms with Gasteiger partial charge in [-0.05, 0) is 24.6 Å². The molecule has 6 nitrogen and oxygen atoms in total. The Kier molecular flexibility index (Phi) is 6.41. The minimum atomic E-state index is -0.0483. The summed E-state index contributed by atoms with van der Waals surface area (Å²) in [5.41, 5.74) is 3.06. The molecular weight excluding hydrogens is 356 g/mol. The highest BCUT2D eigenvalue weighted by Gasteiger charge is 2.27. The molecule has 0 bridgehead atoms. The molecule has 0 unspecified atom stereocenters. The number of hydrogen-bond donors (Lipinski definition) is 0. The number of nitrogens with zero attached hydrogens (tertiary/aromatic N) is 2. The molecular formula is C22H28N2O4. The molecule has 6 heteroatoms. The number of ether oxygens (including phenoxy) is 3. The summed E-state index contributed by atoms with van der Waals surface area (Å²) in [5, 5.41) is 0. The van der Waals surface area contributed by atoms with Gasteiger partial charge in [0.05, 0.1) is 26.9 Å². The van der Waals surface area contributed by atoms with Gasteiger partial charge in [-0.2, -0.15) is 0 Å². The Morgan fingerprint density at radius 1 is 0.857 bits per heavy atom. The van der Waals surface area contributed by atoms with Gasteiger partial charge in [-0.25, -0.2) is 0 Å². The summed E-state index contributed by atoms with van der Waals surface area (Å²) < 4.78 is 16.2. The maximum atomic E-state index is 13.1. The Balaban J connectivity index is 1.67. The zero-order valence-electron chi connectivity index (χ0n) is 17.0. The minimum Gasteiger partial charge on any atom is -0.493 e. The predicted molar refractivity (Wildman–Crippen MR) is 108 cm³/mol. The molecule has 2 aromatic carbocycles. The first-order valence-electron chi connectivity index (χ1n) is 9.43. The molecule has 0 aliphatic carbocycles. The average molecular weight is 384 g/mol. The van der Waals surface area contributed by atoms with E-state index in [0.29, 0.717) is 35.9 Å². The van der Waals surface area contributed by atoms with Crippen LogP contribution in [-0.2, 0) is 6.54 Å². The van der Waals surface area contributed by atoms with Crippen LogP contribution >= 0.6 is 0 Å². The first-order chi connectivity index (χ1) is 13.6. The lowest BCUT2D eigenvalue weighted by molar-refractivity contribution is 0.0624. The first-order valence-corrected chi connectivity index (χ1v) is 9.43. The second kappa shape index (κ2) is 8.97. The third-order valence-corrected chi connectivity index (χ3v) is 5.12. The van der Waals surface area contributed by atoms with Crippen molar-refractivity contribution in [3.63, 3.8) is 0 Å². The number of piperazine rings is 1. The second-order valence-corrected chi connectivity index (χ2v) is 6.94. The average Bonchev–Trinajstić information content (AvgIpc) is 2.74. The van der Waals surface area contributed by atoms with E-state index in [0.717, 1.165) is 19.6 Å². The maximum absolute atomic E-state index is 13.1. The van der Waals surface area contributed by atoms with E-state index in [2.05, 4.69) is 36.1 Å². The van der Waals surface area contributed by atoms with E-state index in [-0.39, 0.29) is 5.91 Å². The Morgan fingerprint density at radius 2 is 1.50 bits per heavy atom. The normalized spacial score (nSPS) is 14.6. The number of carbonyl (C=O) groups excluding carboxylic acids is 1. The van der Waals surface area contributed by atoms with Crippen LogP contribution in [0.4, 0.5) is 0 Å². The summed E-state index contributed by atoms with van der Waals surface area (Å²) in [6.45, 7) is 6.05. The van der Waals surface area contributed by atoms with Gasteiger partial charge in [0, 0.05) is 32.7 Å². The van der Waals surface area contributed by atoms with Crippen molar-refractivity contribution in [2.45, 2.75) is 13.5 Å². The van der Waals surface area contributed by atoms with Gasteiger partial charge >= 0.3 is 0 Å². The number of benzene rings is 2. The van der Waals surface area contributed by atoms with Crippen LogP contribution in [-0.4, -0.2) is 63.2 Å². The van der Waals surface area contributed by atoms with E-state index < -0.39 is 0 Å². The van der Waals surface area contributed by atoms with Crippen LogP contribution in [0.1, 0.15) is 21.5 Å². The molecule has 0 radical (unpaired) electrons. The third-order valence-electron chi connectivity index (χ3n) is 5.12. The Bertz CT molecular complexity index is 812. The van der Waals surface area contributed by atoms with Crippen LogP contribution in [0, 0.1) is 6.92 Å². The van der Waals surface area contributed by atoms with Crippen LogP contribution in [0.5, 0.6) is 17.2 Å². The molecule has 1 heterocycles. The van der Waals surface area contributed by atoms with Crippen molar-refractivity contribution in [2.75, 3.05) is 47.5 Å². The summed E-state index contributed by atoms with van der Waals surface area (Å²) in [6.07, 6.45) is 0. The Labute approximate surface area is 166 Å². The van der Waals surface area contributed by atoms with Crippen LogP contribution < -0.4 is 14.2 Å². The zero-order chi connectivity index (χ0) is 20.1. The molecule has 1 aliphatic rings. The number of carbonyl (C=O) groups is 1. The topological polar surface area (TPSA) is 51.2 Å². The molecule has 0 atom stereocenters. The molecule has 1 aliphatic heterocycles. The van der Waals surface area contributed by atoms with Crippen LogP contribution in [0.25, 0.3) is 0 Å². The van der Waals surface area contributed by atoms with E-state index >= 15 is 0 Å². The smallest absolute Gasteiger partial charge is 0.257 e. The fourth-order valence-corrected chi connectivity index (χ4v) is 3.50. The molecule has 1 amide bonds. The SMILES string of the molecule is COc1ccc(C(=O)N2CCN(Cc3ccc(C)cc3)CC2)c(OC)c1OC. The molecule has 1 fully saturated rings. The fraction of sp³-hybridized carbons (Fsp3) is 0.409. The van der Waals surface area contributed by atoms with Gasteiger partial charge in [0.2, 0.25) is 5.75 Å². The molecule has 3 rings (SSSR count). The van der Waals surface area contributed by atoms with Gasteiger partial charge in [0.25, 0.3) is 5.91 Å². The minimum absolute atomic E-state index is 0.0483. The summed E-state index contributed by atoms with van der Waals surface area (Å²) in [4.78, 5) is 17.3. The van der Waals surface area contributed by atoms with Crippen molar-refractivity contribution >= 4 is 5.91 Å². The molecule has 0 spiro atoms. The molecule has 2 aromatic rings. The van der Waals surface area contributed by atoms with Gasteiger partial charge in [0.1, 0.15) is 0 Å². The van der Waals surface area contributed by atoms with E-state index in [4.69, 9.17) is 14.2 Å². The lowest BCUT2D eigenvalue weighted by Crippen LogP contribution is -2.48. The molecule has 28 heavy (non-hydrogen) atoms. The second-order valence-electron chi connectivity index (χ2n) is 6.94. The monoisotopic (exact) mass is 384 g/mol. The summed E-state index contributed by atoms with van der Waals surface area (Å²) in [7, 11) is 4.64. The fourth-order valence-electron chi connectivity index (χ4n) is 3.50. The summed E-state index contributed by atoms with van der Waals surface area (Å²) >= 11 is 0. The van der Waals surface area contributed by atoms with Crippen molar-refractivity contribution in [1.29, 1.82) is 0 Å². The van der Waals surface area contributed by atoms with Gasteiger partial charge in [-0.1, -0.05) is 29.8 Å². The number of amides is 1. The Morgan fingerprint density at radius 3 is 2.07 bits per heavy atom. The van der Waals surface area contributed by atoms with E-state index in [1.807, 2.05) is 4.90 Å². The van der Waals surface area contributed by atoms with E-state index in [1.165, 1.54) is 18.2 Å². The first kappa shape index (κ1) is 20.0. The number of hydrogen-bond acceptors (Lipinski definition) is 5. The van der Waals surface area contributed by atoms with Crippen molar-refractivity contribution in [3.8, 4) is 17.2 Å². The van der Waals surface area contributed by atoms with Crippen LogP contribution in [0.15, 0.2) is 36.4 Å². The number of rotatable bonds is 6. The lowest BCUT2D eigenvalue weighted by atomic mass is 10.1. The van der Waals surface area contributed by atoms with Crippen molar-refractivity contribution in [2.24, 2.45) is 0 Å². The third kappa shape index (κ3) is 4.22. The molecule has 1 saturated heterocycles. The van der Waals surface area contributed by atoms with E-state index in [1.54, 1.807) is 26.4 Å². The molecule has 0 saturated carbocycles. The highest BCUT2D eigenvalue weighted by Crippen LogP contribution is 2.40. The molecule has 150 valence electrons. The van der Waals surface area contributed by atoms with Crippen molar-refractivity contribution in [3.05, 3.63) is 53.1 Å². The number of aryl methyl sites for hydroxylation is 1. The van der Waals surface area contributed by atoms with E-state index in [9.17, 15) is 4.79 Å². The van der Waals surface area contributed by atoms with Gasteiger partial charge in [-0.15, -0.1) is 0 Å². The van der Waals surface area contributed by atoms with Crippen molar-refractivity contribution in [1.82, 2.24) is 9.80 Å². The van der Waals surface area contributed by atoms with Crippen LogP contribution in [0.3, 0.4) is 0 Å². The predicted octanol–water partition coefficient (Wildman–Crippen LogP) is 2.98. The van der Waals surface area contributed by atoms with Crippen molar-refractivity contribution < 1.29 is 19.0 Å². The quantitative estimate of drug-likeness (QED) is 0.766. The highest BCUT2D eigenvalue weighted by atomic mass is 16.5. The van der Waals surface area contributed by atoms with Gasteiger partial charge < -0.3 is 19.1 Å². The number of methoxy groups -OCH3 is 3. The standard InChI is InChI=1S/C22H28N2O4/c1-16-5-7-17(8-6-16)15-23-11-13-24(14-12-23)22(25)18-9-10-19(26-2)21(28-4)20(18)27-3/h5-10H,11-15H2,1-4H3. The largest absolute Gasteiger partial charge is 0.493 e. The van der Waals surface area contributed by atoms with Gasteiger partial charge in [0.15, 0.2) is 11.5 Å². The van der Waals surface area contributed by atoms with Crippen LogP contribution in [0.2, 0.25) is 0 Å². The maximum Gasteiger partial charge on any atom is 0.257 e. The Hall–Kier alpha value is -2.73. The highest BCUT2D eigenvalue weighted by molar-refractivity contribution is 5.98. The molecule has 0 aromatic heterocycles. The summed E-state index contributed by atoms with van der Waals surface area (Å²) in [5.74, 6) is 1.34. The summed E-state index contributed by atoms with van der Waals surface area (Å²) in [6, 6.07) is 12.1. The molecule has 0 N–H and O–H groups in total.